The Balaban J connectivity index is 1.94. The first kappa shape index (κ1) is 14.5. The maximum absolute atomic E-state index is 12.2. The summed E-state index contributed by atoms with van der Waals surface area (Å²) in [5, 5.41) is 2.79. The van der Waals surface area contributed by atoms with Crippen molar-refractivity contribution in [2.45, 2.75) is 13.3 Å². The number of pyridine rings is 1. The van der Waals surface area contributed by atoms with E-state index in [0.29, 0.717) is 25.5 Å². The Hall–Kier alpha value is -1.95. The van der Waals surface area contributed by atoms with Crippen LogP contribution in [-0.2, 0) is 14.3 Å². The second kappa shape index (κ2) is 6.47. The van der Waals surface area contributed by atoms with Crippen LogP contribution in [0.15, 0.2) is 18.3 Å². The van der Waals surface area contributed by atoms with Crippen LogP contribution in [0.2, 0.25) is 0 Å². The Kier molecular flexibility index (Phi) is 4.68. The standard InChI is InChI=1S/C14H19N3O3/c1-10-4-3-5-15-13(10)16-14(19)11-8-12(18)17(9-11)6-7-20-2/h3-5,11H,6-9H2,1-2H3,(H,15,16,19). The molecular weight excluding hydrogens is 258 g/mol. The first-order chi connectivity index (χ1) is 9.61. The number of hydrogen-bond acceptors (Lipinski definition) is 4. The van der Waals surface area contributed by atoms with Crippen molar-refractivity contribution >= 4 is 17.6 Å². The molecule has 6 nitrogen and oxygen atoms in total. The van der Waals surface area contributed by atoms with Gasteiger partial charge in [-0.25, -0.2) is 4.98 Å². The molecule has 1 N–H and O–H groups in total. The first-order valence-corrected chi connectivity index (χ1v) is 6.61. The van der Waals surface area contributed by atoms with Crippen LogP contribution in [0.1, 0.15) is 12.0 Å². The number of likely N-dealkylation sites (tertiary alicyclic amines) is 1. The van der Waals surface area contributed by atoms with Crippen LogP contribution in [0.5, 0.6) is 0 Å². The fourth-order valence-electron chi connectivity index (χ4n) is 2.20. The molecule has 0 aliphatic carbocycles. The van der Waals surface area contributed by atoms with Gasteiger partial charge in [0.15, 0.2) is 0 Å². The zero-order chi connectivity index (χ0) is 14.5. The van der Waals surface area contributed by atoms with E-state index < -0.39 is 0 Å². The summed E-state index contributed by atoms with van der Waals surface area (Å²) in [7, 11) is 1.59. The Morgan fingerprint density at radius 1 is 1.60 bits per heavy atom. The van der Waals surface area contributed by atoms with Crippen LogP contribution >= 0.6 is 0 Å². The first-order valence-electron chi connectivity index (χ1n) is 6.61. The predicted octanol–water partition coefficient (Wildman–Crippen LogP) is 0.823. The van der Waals surface area contributed by atoms with E-state index in [1.165, 1.54) is 0 Å². The zero-order valence-corrected chi connectivity index (χ0v) is 11.8. The highest BCUT2D eigenvalue weighted by atomic mass is 16.5. The lowest BCUT2D eigenvalue weighted by Crippen LogP contribution is -2.31. The number of hydrogen-bond donors (Lipinski definition) is 1. The van der Waals surface area contributed by atoms with Gasteiger partial charge in [-0.15, -0.1) is 0 Å². The number of nitrogens with one attached hydrogen (secondary N) is 1. The number of rotatable bonds is 5. The van der Waals surface area contributed by atoms with Gasteiger partial charge in [0.2, 0.25) is 11.8 Å². The summed E-state index contributed by atoms with van der Waals surface area (Å²) in [6, 6.07) is 3.70. The van der Waals surface area contributed by atoms with Crippen molar-refractivity contribution in [3.05, 3.63) is 23.9 Å². The van der Waals surface area contributed by atoms with Crippen molar-refractivity contribution in [1.29, 1.82) is 0 Å². The third-order valence-corrected chi connectivity index (χ3v) is 3.40. The number of carbonyl (C=O) groups is 2. The lowest BCUT2D eigenvalue weighted by molar-refractivity contribution is -0.128. The van der Waals surface area contributed by atoms with Crippen molar-refractivity contribution in [2.75, 3.05) is 32.1 Å². The minimum atomic E-state index is -0.319. The van der Waals surface area contributed by atoms with E-state index in [9.17, 15) is 9.59 Å². The maximum Gasteiger partial charge on any atom is 0.230 e. The Bertz CT molecular complexity index is 504. The highest BCUT2D eigenvalue weighted by Gasteiger charge is 2.34. The Labute approximate surface area is 118 Å². The van der Waals surface area contributed by atoms with Crippen molar-refractivity contribution < 1.29 is 14.3 Å². The molecule has 0 aromatic carbocycles. The lowest BCUT2D eigenvalue weighted by atomic mass is 10.1. The molecule has 1 aromatic rings. The van der Waals surface area contributed by atoms with Gasteiger partial charge in [0.25, 0.3) is 0 Å². The van der Waals surface area contributed by atoms with Gasteiger partial charge in [-0.1, -0.05) is 6.07 Å². The van der Waals surface area contributed by atoms with E-state index in [-0.39, 0.29) is 24.2 Å². The zero-order valence-electron chi connectivity index (χ0n) is 11.8. The highest BCUT2D eigenvalue weighted by molar-refractivity contribution is 5.97. The normalized spacial score (nSPS) is 18.4. The van der Waals surface area contributed by atoms with Crippen LogP contribution in [0.3, 0.4) is 0 Å². The van der Waals surface area contributed by atoms with E-state index >= 15 is 0 Å². The third-order valence-electron chi connectivity index (χ3n) is 3.40. The van der Waals surface area contributed by atoms with Gasteiger partial charge in [0.05, 0.1) is 12.5 Å². The number of carbonyl (C=O) groups excluding carboxylic acids is 2. The molecule has 1 aliphatic rings. The van der Waals surface area contributed by atoms with E-state index in [4.69, 9.17) is 4.74 Å². The molecule has 2 amide bonds. The number of nitrogens with zero attached hydrogens (tertiary/aromatic N) is 2. The molecule has 0 bridgehead atoms. The van der Waals surface area contributed by atoms with Crippen molar-refractivity contribution in [2.24, 2.45) is 5.92 Å². The van der Waals surface area contributed by atoms with E-state index in [0.717, 1.165) is 5.56 Å². The Morgan fingerprint density at radius 2 is 2.40 bits per heavy atom. The van der Waals surface area contributed by atoms with E-state index in [2.05, 4.69) is 10.3 Å². The molecule has 2 heterocycles. The van der Waals surface area contributed by atoms with Gasteiger partial charge in [0.1, 0.15) is 5.82 Å². The summed E-state index contributed by atoms with van der Waals surface area (Å²) < 4.78 is 4.95. The van der Waals surface area contributed by atoms with Crippen molar-refractivity contribution in [3.8, 4) is 0 Å². The molecule has 6 heteroatoms. The lowest BCUT2D eigenvalue weighted by Gasteiger charge is -2.15. The number of methoxy groups -OCH3 is 1. The SMILES string of the molecule is COCCN1CC(C(=O)Nc2ncccc2C)CC1=O. The molecular formula is C14H19N3O3. The molecule has 0 spiro atoms. The minimum absolute atomic E-state index is 0.0000530. The largest absolute Gasteiger partial charge is 0.383 e. The molecule has 0 saturated carbocycles. The summed E-state index contributed by atoms with van der Waals surface area (Å²) in [6.07, 6.45) is 1.88. The fourth-order valence-corrected chi connectivity index (χ4v) is 2.20. The quantitative estimate of drug-likeness (QED) is 0.865. The molecule has 1 aromatic heterocycles. The van der Waals surface area contributed by atoms with Crippen LogP contribution < -0.4 is 5.32 Å². The molecule has 1 unspecified atom stereocenters. The monoisotopic (exact) mass is 277 g/mol. The van der Waals surface area contributed by atoms with Gasteiger partial charge >= 0.3 is 0 Å². The topological polar surface area (TPSA) is 71.5 Å². The number of aryl methyl sites for hydroxylation is 1. The molecule has 1 fully saturated rings. The van der Waals surface area contributed by atoms with Gasteiger partial charge in [-0.05, 0) is 18.6 Å². The van der Waals surface area contributed by atoms with Gasteiger partial charge < -0.3 is 15.0 Å². The summed E-state index contributed by atoms with van der Waals surface area (Å²) >= 11 is 0. The number of ether oxygens (including phenoxy) is 1. The van der Waals surface area contributed by atoms with Crippen molar-refractivity contribution in [3.63, 3.8) is 0 Å². The molecule has 108 valence electrons. The molecule has 1 saturated heterocycles. The van der Waals surface area contributed by atoms with Gasteiger partial charge in [-0.3, -0.25) is 9.59 Å². The second-order valence-corrected chi connectivity index (χ2v) is 4.89. The number of amides is 2. The summed E-state index contributed by atoms with van der Waals surface area (Å²) in [6.45, 7) is 3.34. The molecule has 20 heavy (non-hydrogen) atoms. The maximum atomic E-state index is 12.2. The van der Waals surface area contributed by atoms with Gasteiger partial charge in [0, 0.05) is 32.8 Å². The molecule has 1 atom stereocenters. The van der Waals surface area contributed by atoms with Crippen LogP contribution in [-0.4, -0.2) is 48.5 Å². The minimum Gasteiger partial charge on any atom is -0.383 e. The molecule has 1 aliphatic heterocycles. The van der Waals surface area contributed by atoms with E-state index in [1.54, 1.807) is 18.2 Å². The average molecular weight is 277 g/mol. The van der Waals surface area contributed by atoms with Crippen LogP contribution in [0.25, 0.3) is 0 Å². The third kappa shape index (κ3) is 3.33. The average Bonchev–Trinajstić information content (AvgIpc) is 2.80. The summed E-state index contributed by atoms with van der Waals surface area (Å²) in [4.78, 5) is 29.8. The predicted molar refractivity (Wildman–Crippen MR) is 74.2 cm³/mol. The molecule has 0 radical (unpaired) electrons. The number of aromatic nitrogens is 1. The second-order valence-electron chi connectivity index (χ2n) is 4.89. The fraction of sp³-hybridized carbons (Fsp3) is 0.500. The van der Waals surface area contributed by atoms with Gasteiger partial charge in [-0.2, -0.15) is 0 Å². The van der Waals surface area contributed by atoms with Crippen LogP contribution in [0.4, 0.5) is 5.82 Å². The summed E-state index contributed by atoms with van der Waals surface area (Å²) in [5.74, 6) is 0.0843. The Morgan fingerprint density at radius 3 is 3.10 bits per heavy atom. The van der Waals surface area contributed by atoms with E-state index in [1.807, 2.05) is 19.1 Å². The van der Waals surface area contributed by atoms with Crippen LogP contribution in [0, 0.1) is 12.8 Å². The smallest absolute Gasteiger partial charge is 0.230 e. The number of anilines is 1. The summed E-state index contributed by atoms with van der Waals surface area (Å²) in [5.41, 5.74) is 0.904. The van der Waals surface area contributed by atoms with Crippen molar-refractivity contribution in [1.82, 2.24) is 9.88 Å². The molecule has 2 rings (SSSR count). The highest BCUT2D eigenvalue weighted by Crippen LogP contribution is 2.20.